The van der Waals surface area contributed by atoms with Crippen LogP contribution in [0.15, 0.2) is 18.2 Å². The van der Waals surface area contributed by atoms with E-state index in [2.05, 4.69) is 15.0 Å². The molecular weight excluding hydrogens is 288 g/mol. The molecule has 0 bridgehead atoms. The summed E-state index contributed by atoms with van der Waals surface area (Å²) >= 11 is 0. The number of amides is 1. The fourth-order valence-electron chi connectivity index (χ4n) is 2.41. The summed E-state index contributed by atoms with van der Waals surface area (Å²) in [6.45, 7) is 1.43. The monoisotopic (exact) mass is 304 g/mol. The van der Waals surface area contributed by atoms with Crippen molar-refractivity contribution in [1.82, 2.24) is 20.1 Å². The molecule has 3 rings (SSSR count). The minimum absolute atomic E-state index is 0.0785. The molecule has 2 aromatic rings. The van der Waals surface area contributed by atoms with E-state index in [1.807, 2.05) is 0 Å². The van der Waals surface area contributed by atoms with Gasteiger partial charge in [-0.05, 0) is 36.3 Å². The molecule has 0 atom stereocenters. The molecule has 1 aromatic carbocycles. The molecule has 0 N–H and O–H groups in total. The van der Waals surface area contributed by atoms with Crippen LogP contribution in [0.25, 0.3) is 11.0 Å². The van der Waals surface area contributed by atoms with Gasteiger partial charge in [0.25, 0.3) is 5.91 Å². The highest BCUT2D eigenvalue weighted by atomic mass is 16.7. The van der Waals surface area contributed by atoms with Gasteiger partial charge in [0.15, 0.2) is 6.61 Å². The summed E-state index contributed by atoms with van der Waals surface area (Å²) in [5.74, 6) is -0.534. The van der Waals surface area contributed by atoms with E-state index in [1.165, 1.54) is 7.11 Å². The van der Waals surface area contributed by atoms with Crippen LogP contribution in [0.3, 0.4) is 0 Å². The Bertz CT molecular complexity index is 706. The quantitative estimate of drug-likeness (QED) is 0.754. The van der Waals surface area contributed by atoms with Gasteiger partial charge in [0, 0.05) is 13.1 Å². The first kappa shape index (κ1) is 14.3. The number of hydrogen-bond acceptors (Lipinski definition) is 6. The number of carbonyl (C=O) groups excluding carboxylic acids is 2. The molecule has 0 spiro atoms. The van der Waals surface area contributed by atoms with Crippen molar-refractivity contribution in [2.75, 3.05) is 26.8 Å². The fourth-order valence-corrected chi connectivity index (χ4v) is 2.41. The van der Waals surface area contributed by atoms with Crippen LogP contribution < -0.4 is 4.84 Å². The Labute approximate surface area is 126 Å². The second-order valence-corrected chi connectivity index (χ2v) is 5.02. The highest BCUT2D eigenvalue weighted by Gasteiger charge is 2.19. The van der Waals surface area contributed by atoms with Gasteiger partial charge < -0.3 is 14.5 Å². The van der Waals surface area contributed by atoms with Gasteiger partial charge in [0.05, 0.1) is 12.7 Å². The summed E-state index contributed by atoms with van der Waals surface area (Å²) in [4.78, 5) is 31.8. The Morgan fingerprint density at radius 1 is 1.27 bits per heavy atom. The Morgan fingerprint density at radius 3 is 2.77 bits per heavy atom. The lowest BCUT2D eigenvalue weighted by Crippen LogP contribution is -2.34. The molecule has 8 heteroatoms. The highest BCUT2D eigenvalue weighted by Crippen LogP contribution is 2.14. The number of carbonyl (C=O) groups is 2. The van der Waals surface area contributed by atoms with Crippen molar-refractivity contribution in [2.45, 2.75) is 12.8 Å². The first-order chi connectivity index (χ1) is 10.7. The minimum atomic E-state index is -0.456. The Kier molecular flexibility index (Phi) is 3.90. The van der Waals surface area contributed by atoms with Gasteiger partial charge in [-0.1, -0.05) is 4.85 Å². The summed E-state index contributed by atoms with van der Waals surface area (Å²) in [6, 6.07) is 4.82. The standard InChI is InChI=1S/C14H16N4O4/c1-21-14(20)10-4-5-11-12(8-10)18(16-15-11)22-9-13(19)17-6-2-3-7-17/h4-5,8H,2-3,6-7,9H2,1H3. The number of likely N-dealkylation sites (tertiary alicyclic amines) is 1. The van der Waals surface area contributed by atoms with E-state index >= 15 is 0 Å². The van der Waals surface area contributed by atoms with Crippen molar-refractivity contribution in [3.8, 4) is 0 Å². The molecule has 0 aliphatic carbocycles. The van der Waals surface area contributed by atoms with Crippen LogP contribution in [0.2, 0.25) is 0 Å². The fraction of sp³-hybridized carbons (Fsp3) is 0.429. The van der Waals surface area contributed by atoms with Gasteiger partial charge in [0.2, 0.25) is 0 Å². The third-order valence-electron chi connectivity index (χ3n) is 3.61. The van der Waals surface area contributed by atoms with Gasteiger partial charge >= 0.3 is 5.97 Å². The summed E-state index contributed by atoms with van der Waals surface area (Å²) in [5.41, 5.74) is 1.45. The van der Waals surface area contributed by atoms with Crippen LogP contribution in [0.1, 0.15) is 23.2 Å². The van der Waals surface area contributed by atoms with Gasteiger partial charge in [-0.3, -0.25) is 4.79 Å². The number of benzene rings is 1. The lowest BCUT2D eigenvalue weighted by molar-refractivity contribution is -0.135. The summed E-state index contributed by atoms with van der Waals surface area (Å²) in [6.07, 6.45) is 2.06. The number of fused-ring (bicyclic) bond motifs is 1. The van der Waals surface area contributed by atoms with Crippen molar-refractivity contribution in [2.24, 2.45) is 0 Å². The summed E-state index contributed by atoms with van der Waals surface area (Å²) < 4.78 is 4.68. The van der Waals surface area contributed by atoms with E-state index in [-0.39, 0.29) is 12.5 Å². The predicted octanol–water partition coefficient (Wildman–Crippen LogP) is 0.269. The summed E-state index contributed by atoms with van der Waals surface area (Å²) in [5, 5.41) is 7.77. The van der Waals surface area contributed by atoms with Gasteiger partial charge in [-0.2, -0.15) is 0 Å². The number of ether oxygens (including phenoxy) is 1. The molecule has 1 amide bonds. The topological polar surface area (TPSA) is 86.5 Å². The van der Waals surface area contributed by atoms with Crippen molar-refractivity contribution in [3.05, 3.63) is 23.8 Å². The Morgan fingerprint density at radius 2 is 2.05 bits per heavy atom. The first-order valence-electron chi connectivity index (χ1n) is 7.04. The lowest BCUT2D eigenvalue weighted by atomic mass is 10.2. The predicted molar refractivity (Wildman–Crippen MR) is 76.1 cm³/mol. The third kappa shape index (κ3) is 2.72. The van der Waals surface area contributed by atoms with Gasteiger partial charge in [0.1, 0.15) is 11.0 Å². The molecule has 0 radical (unpaired) electrons. The van der Waals surface area contributed by atoms with Crippen molar-refractivity contribution < 1.29 is 19.2 Å². The Balaban J connectivity index is 1.75. The zero-order chi connectivity index (χ0) is 15.5. The smallest absolute Gasteiger partial charge is 0.337 e. The maximum atomic E-state index is 12.0. The van der Waals surface area contributed by atoms with Crippen molar-refractivity contribution >= 4 is 22.9 Å². The number of aromatic nitrogens is 3. The molecule has 1 aliphatic heterocycles. The third-order valence-corrected chi connectivity index (χ3v) is 3.61. The maximum absolute atomic E-state index is 12.0. The van der Waals surface area contributed by atoms with Crippen LogP contribution >= 0.6 is 0 Å². The highest BCUT2D eigenvalue weighted by molar-refractivity contribution is 5.93. The number of esters is 1. The molecule has 1 fully saturated rings. The molecule has 116 valence electrons. The molecule has 8 nitrogen and oxygen atoms in total. The minimum Gasteiger partial charge on any atom is -0.465 e. The molecule has 2 heterocycles. The molecule has 0 saturated carbocycles. The van der Waals surface area contributed by atoms with Gasteiger partial charge in [-0.25, -0.2) is 4.79 Å². The SMILES string of the molecule is COC(=O)c1ccc2nnn(OCC(=O)N3CCCC3)c2c1. The molecule has 22 heavy (non-hydrogen) atoms. The van der Waals surface area contributed by atoms with Crippen LogP contribution in [0.4, 0.5) is 0 Å². The second-order valence-electron chi connectivity index (χ2n) is 5.02. The second kappa shape index (κ2) is 6.00. The molecule has 0 unspecified atom stereocenters. The van der Waals surface area contributed by atoms with Crippen molar-refractivity contribution in [3.63, 3.8) is 0 Å². The van der Waals surface area contributed by atoms with E-state index < -0.39 is 5.97 Å². The van der Waals surface area contributed by atoms with E-state index in [0.29, 0.717) is 16.6 Å². The van der Waals surface area contributed by atoms with E-state index in [4.69, 9.17) is 4.84 Å². The number of nitrogens with zero attached hydrogens (tertiary/aromatic N) is 4. The zero-order valence-electron chi connectivity index (χ0n) is 12.2. The Hall–Kier alpha value is -2.64. The average molecular weight is 304 g/mol. The zero-order valence-corrected chi connectivity index (χ0v) is 12.2. The largest absolute Gasteiger partial charge is 0.465 e. The van der Waals surface area contributed by atoms with E-state index in [0.717, 1.165) is 30.8 Å². The lowest BCUT2D eigenvalue weighted by Gasteiger charge is -2.14. The molecular formula is C14H16N4O4. The van der Waals surface area contributed by atoms with Gasteiger partial charge in [-0.15, -0.1) is 5.10 Å². The van der Waals surface area contributed by atoms with Crippen LogP contribution in [-0.4, -0.2) is 58.7 Å². The first-order valence-corrected chi connectivity index (χ1v) is 7.04. The van der Waals surface area contributed by atoms with Crippen LogP contribution in [0.5, 0.6) is 0 Å². The van der Waals surface area contributed by atoms with Crippen molar-refractivity contribution in [1.29, 1.82) is 0 Å². The normalized spacial score (nSPS) is 14.3. The average Bonchev–Trinajstić information content (AvgIpc) is 3.21. The molecule has 1 aliphatic rings. The number of hydrogen-bond donors (Lipinski definition) is 0. The van der Waals surface area contributed by atoms with Crippen LogP contribution in [0, 0.1) is 0 Å². The number of methoxy groups -OCH3 is 1. The van der Waals surface area contributed by atoms with E-state index in [1.54, 1.807) is 23.1 Å². The van der Waals surface area contributed by atoms with Crippen LogP contribution in [-0.2, 0) is 9.53 Å². The molecule has 1 aromatic heterocycles. The maximum Gasteiger partial charge on any atom is 0.337 e. The number of rotatable bonds is 4. The summed E-state index contributed by atoms with van der Waals surface area (Å²) in [7, 11) is 1.31. The molecule has 1 saturated heterocycles. The van der Waals surface area contributed by atoms with E-state index in [9.17, 15) is 9.59 Å².